The first-order valence-corrected chi connectivity index (χ1v) is 6.22. The van der Waals surface area contributed by atoms with Crippen molar-refractivity contribution in [2.45, 2.75) is 26.1 Å². The number of carbonyl (C=O) groups excluding carboxylic acids is 2. The van der Waals surface area contributed by atoms with Crippen LogP contribution in [0, 0.1) is 0 Å². The molecule has 19 heavy (non-hydrogen) atoms. The summed E-state index contributed by atoms with van der Waals surface area (Å²) in [5.74, 6) is -0.318. The molecule has 1 aromatic rings. The Bertz CT molecular complexity index is 519. The lowest BCUT2D eigenvalue weighted by Crippen LogP contribution is -2.04. The number of rotatable bonds is 5. The summed E-state index contributed by atoms with van der Waals surface area (Å²) in [4.78, 5) is 22.1. The van der Waals surface area contributed by atoms with Gasteiger partial charge in [-0.15, -0.1) is 0 Å². The zero-order valence-electron chi connectivity index (χ0n) is 11.0. The second-order valence-electron chi connectivity index (χ2n) is 4.38. The minimum Gasteiger partial charge on any atom is -0.463 e. The molecule has 2 atom stereocenters. The normalized spacial score (nSPS) is 21.9. The van der Waals surface area contributed by atoms with Gasteiger partial charge in [-0.25, -0.2) is 4.79 Å². The van der Waals surface area contributed by atoms with E-state index in [2.05, 4.69) is 0 Å². The Kier molecular flexibility index (Phi) is 4.12. The lowest BCUT2D eigenvalue weighted by atomic mass is 10.0. The van der Waals surface area contributed by atoms with E-state index in [4.69, 9.17) is 9.47 Å². The number of epoxide rings is 1. The summed E-state index contributed by atoms with van der Waals surface area (Å²) in [5.41, 5.74) is 2.38. The zero-order valence-corrected chi connectivity index (χ0v) is 11.0. The molecule has 0 radical (unpaired) electrons. The minimum atomic E-state index is -0.328. The highest BCUT2D eigenvalue weighted by Crippen LogP contribution is 2.37. The molecule has 1 aliphatic rings. The number of hydrogen-bond acceptors (Lipinski definition) is 4. The van der Waals surface area contributed by atoms with Crippen LogP contribution in [0.1, 0.15) is 31.1 Å². The monoisotopic (exact) mass is 260 g/mol. The fraction of sp³-hybridized carbons (Fsp3) is 0.333. The molecule has 0 aromatic heterocycles. The third-order valence-electron chi connectivity index (χ3n) is 2.88. The Morgan fingerprint density at radius 2 is 2.26 bits per heavy atom. The van der Waals surface area contributed by atoms with Gasteiger partial charge >= 0.3 is 5.97 Å². The molecule has 0 bridgehead atoms. The van der Waals surface area contributed by atoms with Crippen LogP contribution in [0.3, 0.4) is 0 Å². The molecule has 1 saturated heterocycles. The quantitative estimate of drug-likeness (QED) is 0.353. The second kappa shape index (κ2) is 5.80. The average molecular weight is 260 g/mol. The van der Waals surface area contributed by atoms with Gasteiger partial charge in [-0.2, -0.15) is 0 Å². The first kappa shape index (κ1) is 13.5. The number of benzene rings is 1. The topological polar surface area (TPSA) is 55.9 Å². The molecule has 0 saturated carbocycles. The van der Waals surface area contributed by atoms with Gasteiger partial charge in [0.05, 0.1) is 6.61 Å². The summed E-state index contributed by atoms with van der Waals surface area (Å²) < 4.78 is 10.1. The highest BCUT2D eigenvalue weighted by Gasteiger charge is 2.39. The molecule has 1 heterocycles. The molecule has 0 N–H and O–H groups in total. The maximum atomic E-state index is 11.5. The van der Waals surface area contributed by atoms with Crippen LogP contribution in [0.4, 0.5) is 0 Å². The van der Waals surface area contributed by atoms with E-state index in [1.807, 2.05) is 24.3 Å². The van der Waals surface area contributed by atoms with E-state index in [1.54, 1.807) is 19.9 Å². The molecule has 0 aliphatic carbocycles. The highest BCUT2D eigenvalue weighted by molar-refractivity contribution is 5.93. The molecule has 1 aromatic carbocycles. The van der Waals surface area contributed by atoms with Crippen LogP contribution in [0.15, 0.2) is 29.8 Å². The van der Waals surface area contributed by atoms with Crippen LogP contribution in [-0.4, -0.2) is 25.0 Å². The molecular weight excluding hydrogens is 244 g/mol. The second-order valence-corrected chi connectivity index (χ2v) is 4.38. The van der Waals surface area contributed by atoms with Crippen molar-refractivity contribution in [2.75, 3.05) is 6.61 Å². The molecule has 0 spiro atoms. The summed E-state index contributed by atoms with van der Waals surface area (Å²) in [6, 6.07) is 7.59. The predicted octanol–water partition coefficient (Wildman–Crippen LogP) is 2.29. The van der Waals surface area contributed by atoms with Gasteiger partial charge in [0.2, 0.25) is 0 Å². The molecule has 1 aliphatic heterocycles. The number of ether oxygens (including phenoxy) is 2. The van der Waals surface area contributed by atoms with Crippen molar-refractivity contribution in [3.8, 4) is 0 Å². The predicted molar refractivity (Wildman–Crippen MR) is 70.4 cm³/mol. The van der Waals surface area contributed by atoms with Crippen molar-refractivity contribution in [3.05, 3.63) is 41.0 Å². The van der Waals surface area contributed by atoms with Gasteiger partial charge in [0.1, 0.15) is 12.2 Å². The zero-order chi connectivity index (χ0) is 13.8. The first-order valence-electron chi connectivity index (χ1n) is 6.22. The minimum absolute atomic E-state index is 0.145. The van der Waals surface area contributed by atoms with E-state index in [1.165, 1.54) is 0 Å². The van der Waals surface area contributed by atoms with Gasteiger partial charge in [-0.1, -0.05) is 18.2 Å². The van der Waals surface area contributed by atoms with E-state index in [0.29, 0.717) is 12.2 Å². The number of carbonyl (C=O) groups is 2. The van der Waals surface area contributed by atoms with Gasteiger partial charge in [0.15, 0.2) is 6.29 Å². The third-order valence-corrected chi connectivity index (χ3v) is 2.88. The van der Waals surface area contributed by atoms with Crippen molar-refractivity contribution in [1.29, 1.82) is 0 Å². The maximum Gasteiger partial charge on any atom is 0.333 e. The largest absolute Gasteiger partial charge is 0.463 e. The molecule has 0 amide bonds. The Balaban J connectivity index is 2.13. The average Bonchev–Trinajstić information content (AvgIpc) is 3.19. The summed E-state index contributed by atoms with van der Waals surface area (Å²) >= 11 is 0. The summed E-state index contributed by atoms with van der Waals surface area (Å²) in [6.45, 7) is 3.85. The molecule has 100 valence electrons. The van der Waals surface area contributed by atoms with Crippen LogP contribution >= 0.6 is 0 Å². The number of esters is 1. The Morgan fingerprint density at radius 3 is 2.89 bits per heavy atom. The van der Waals surface area contributed by atoms with Crippen molar-refractivity contribution >= 4 is 18.3 Å². The van der Waals surface area contributed by atoms with Crippen LogP contribution in [0.2, 0.25) is 0 Å². The molecule has 0 unspecified atom stereocenters. The summed E-state index contributed by atoms with van der Waals surface area (Å²) in [6.07, 6.45) is 2.09. The number of aldehydes is 1. The third kappa shape index (κ3) is 3.29. The van der Waals surface area contributed by atoms with Gasteiger partial charge in [0.25, 0.3) is 0 Å². The van der Waals surface area contributed by atoms with Crippen LogP contribution < -0.4 is 0 Å². The van der Waals surface area contributed by atoms with Gasteiger partial charge in [-0.05, 0) is 37.1 Å². The smallest absolute Gasteiger partial charge is 0.333 e. The van der Waals surface area contributed by atoms with E-state index in [-0.39, 0.29) is 18.2 Å². The Morgan fingerprint density at radius 1 is 1.47 bits per heavy atom. The van der Waals surface area contributed by atoms with E-state index < -0.39 is 0 Å². The van der Waals surface area contributed by atoms with Gasteiger partial charge in [0, 0.05) is 5.57 Å². The van der Waals surface area contributed by atoms with E-state index in [9.17, 15) is 9.59 Å². The van der Waals surface area contributed by atoms with Crippen molar-refractivity contribution < 1.29 is 19.1 Å². The molecule has 2 rings (SSSR count). The van der Waals surface area contributed by atoms with Crippen LogP contribution in [0.5, 0.6) is 0 Å². The summed E-state index contributed by atoms with van der Waals surface area (Å²) in [5, 5.41) is 0. The highest BCUT2D eigenvalue weighted by atomic mass is 16.6. The van der Waals surface area contributed by atoms with Gasteiger partial charge < -0.3 is 14.3 Å². The molecular formula is C15H16O4. The van der Waals surface area contributed by atoms with E-state index in [0.717, 1.165) is 17.4 Å². The van der Waals surface area contributed by atoms with Gasteiger partial charge in [-0.3, -0.25) is 0 Å². The first-order chi connectivity index (χ1) is 9.15. The molecule has 4 heteroatoms. The van der Waals surface area contributed by atoms with Crippen LogP contribution in [-0.2, 0) is 19.1 Å². The van der Waals surface area contributed by atoms with Crippen molar-refractivity contribution in [3.63, 3.8) is 0 Å². The lowest BCUT2D eigenvalue weighted by Gasteiger charge is -2.03. The maximum absolute atomic E-state index is 11.5. The fourth-order valence-electron chi connectivity index (χ4n) is 1.88. The Labute approximate surface area is 112 Å². The number of hydrogen-bond donors (Lipinski definition) is 0. The Hall–Kier alpha value is -1.94. The molecule has 4 nitrogen and oxygen atoms in total. The van der Waals surface area contributed by atoms with Crippen molar-refractivity contribution in [1.82, 2.24) is 0 Å². The standard InChI is InChI=1S/C15H16O4/c1-3-18-15(17)10(2)7-11-5-4-6-12(8-11)14-13(9-16)19-14/h4-9,13-14H,3H2,1-2H3/t13-,14-/m0/s1. The summed E-state index contributed by atoms with van der Waals surface area (Å²) in [7, 11) is 0. The van der Waals surface area contributed by atoms with Crippen LogP contribution in [0.25, 0.3) is 6.08 Å². The fourth-order valence-corrected chi connectivity index (χ4v) is 1.88. The molecule has 1 fully saturated rings. The van der Waals surface area contributed by atoms with E-state index >= 15 is 0 Å². The lowest BCUT2D eigenvalue weighted by molar-refractivity contribution is -0.138. The van der Waals surface area contributed by atoms with Crippen molar-refractivity contribution in [2.24, 2.45) is 0 Å². The SMILES string of the molecule is CCOC(=O)C(C)=Cc1cccc([C@@H]2O[C@H]2C=O)c1.